The van der Waals surface area contributed by atoms with E-state index in [9.17, 15) is 4.79 Å². The van der Waals surface area contributed by atoms with Gasteiger partial charge in [0, 0.05) is 40.7 Å². The molecule has 1 N–H and O–H groups in total. The van der Waals surface area contributed by atoms with Gasteiger partial charge in [-0.25, -0.2) is 0 Å². The summed E-state index contributed by atoms with van der Waals surface area (Å²) in [4.78, 5) is 16.4. The molecule has 0 radical (unpaired) electrons. The van der Waals surface area contributed by atoms with Crippen LogP contribution in [0.5, 0.6) is 0 Å². The highest BCUT2D eigenvalue weighted by atomic mass is 32.2. The minimum atomic E-state index is -0.0701. The standard InChI is InChI=1S/C22H22N2OS2/c1-26-15-16-2-4-17(5-3-16)22(25)23-19-6-8-20(9-7-19)24-12-10-21-18(14-24)11-13-27-21/h2-9,11,13H,10,12,14-15H2,1H3,(H,23,25). The zero-order valence-electron chi connectivity index (χ0n) is 15.3. The Labute approximate surface area is 168 Å². The summed E-state index contributed by atoms with van der Waals surface area (Å²) in [6, 6.07) is 18.2. The molecule has 4 rings (SSSR count). The lowest BCUT2D eigenvalue weighted by atomic mass is 10.1. The van der Waals surface area contributed by atoms with Gasteiger partial charge in [-0.15, -0.1) is 11.3 Å². The predicted molar refractivity (Wildman–Crippen MR) is 117 cm³/mol. The summed E-state index contributed by atoms with van der Waals surface area (Å²) in [6.07, 6.45) is 3.19. The topological polar surface area (TPSA) is 32.3 Å². The minimum Gasteiger partial charge on any atom is -0.367 e. The summed E-state index contributed by atoms with van der Waals surface area (Å²) in [5.41, 5.74) is 5.38. The average molecular weight is 395 g/mol. The Hall–Kier alpha value is -2.24. The molecule has 0 spiro atoms. The Balaban J connectivity index is 1.40. The van der Waals surface area contributed by atoms with Gasteiger partial charge in [0.25, 0.3) is 5.91 Å². The van der Waals surface area contributed by atoms with Crippen LogP contribution in [0.3, 0.4) is 0 Å². The van der Waals surface area contributed by atoms with Gasteiger partial charge in [0.2, 0.25) is 0 Å². The van der Waals surface area contributed by atoms with E-state index in [-0.39, 0.29) is 5.91 Å². The molecule has 2 heterocycles. The van der Waals surface area contributed by atoms with E-state index in [0.717, 1.165) is 31.0 Å². The SMILES string of the molecule is CSCc1ccc(C(=O)Nc2ccc(N3CCc4sccc4C3)cc2)cc1. The van der Waals surface area contributed by atoms with Crippen molar-refractivity contribution in [1.82, 2.24) is 0 Å². The van der Waals surface area contributed by atoms with Crippen LogP contribution in [0.2, 0.25) is 0 Å². The smallest absolute Gasteiger partial charge is 0.255 e. The van der Waals surface area contributed by atoms with Crippen molar-refractivity contribution in [3.05, 3.63) is 81.5 Å². The van der Waals surface area contributed by atoms with Crippen molar-refractivity contribution in [3.8, 4) is 0 Å². The van der Waals surface area contributed by atoms with Crippen LogP contribution in [0, 0.1) is 0 Å². The second-order valence-corrected chi connectivity index (χ2v) is 8.54. The summed E-state index contributed by atoms with van der Waals surface area (Å²) in [6.45, 7) is 2.01. The maximum absolute atomic E-state index is 12.5. The summed E-state index contributed by atoms with van der Waals surface area (Å²) >= 11 is 3.64. The normalized spacial score (nSPS) is 13.3. The van der Waals surface area contributed by atoms with Gasteiger partial charge in [0.1, 0.15) is 0 Å². The van der Waals surface area contributed by atoms with Gasteiger partial charge in [-0.1, -0.05) is 12.1 Å². The van der Waals surface area contributed by atoms with Crippen LogP contribution < -0.4 is 10.2 Å². The van der Waals surface area contributed by atoms with Gasteiger partial charge in [-0.2, -0.15) is 11.8 Å². The molecule has 1 aliphatic rings. The summed E-state index contributed by atoms with van der Waals surface area (Å²) < 4.78 is 0. The zero-order valence-corrected chi connectivity index (χ0v) is 16.9. The predicted octanol–water partition coefficient (Wildman–Crippen LogP) is 5.43. The number of hydrogen-bond donors (Lipinski definition) is 1. The van der Waals surface area contributed by atoms with E-state index in [1.165, 1.54) is 21.7 Å². The van der Waals surface area contributed by atoms with Crippen molar-refractivity contribution in [3.63, 3.8) is 0 Å². The lowest BCUT2D eigenvalue weighted by molar-refractivity contribution is 0.102. The molecule has 0 aliphatic carbocycles. The minimum absolute atomic E-state index is 0.0701. The third-order valence-electron chi connectivity index (χ3n) is 4.83. The first-order valence-electron chi connectivity index (χ1n) is 9.02. The fraction of sp³-hybridized carbons (Fsp3) is 0.227. The van der Waals surface area contributed by atoms with Crippen LogP contribution in [-0.2, 0) is 18.7 Å². The second-order valence-electron chi connectivity index (χ2n) is 6.67. The quantitative estimate of drug-likeness (QED) is 0.626. The van der Waals surface area contributed by atoms with E-state index in [1.807, 2.05) is 47.7 Å². The summed E-state index contributed by atoms with van der Waals surface area (Å²) in [5.74, 6) is 0.895. The highest BCUT2D eigenvalue weighted by Gasteiger charge is 2.17. The van der Waals surface area contributed by atoms with Gasteiger partial charge >= 0.3 is 0 Å². The van der Waals surface area contributed by atoms with Crippen molar-refractivity contribution < 1.29 is 4.79 Å². The molecule has 3 aromatic rings. The van der Waals surface area contributed by atoms with Crippen LogP contribution in [0.25, 0.3) is 0 Å². The molecule has 138 valence electrons. The van der Waals surface area contributed by atoms with Crippen LogP contribution in [0.1, 0.15) is 26.4 Å². The number of benzene rings is 2. The number of anilines is 2. The van der Waals surface area contributed by atoms with E-state index >= 15 is 0 Å². The van der Waals surface area contributed by atoms with E-state index < -0.39 is 0 Å². The first-order chi connectivity index (χ1) is 13.2. The lowest BCUT2D eigenvalue weighted by Gasteiger charge is -2.29. The molecule has 0 atom stereocenters. The molecule has 2 aromatic carbocycles. The fourth-order valence-corrected chi connectivity index (χ4v) is 4.76. The highest BCUT2D eigenvalue weighted by molar-refractivity contribution is 7.97. The Morgan fingerprint density at radius 3 is 2.63 bits per heavy atom. The molecule has 5 heteroatoms. The van der Waals surface area contributed by atoms with E-state index in [0.29, 0.717) is 5.56 Å². The molecular formula is C22H22N2OS2. The molecule has 1 amide bonds. The van der Waals surface area contributed by atoms with Crippen molar-refractivity contribution in [1.29, 1.82) is 0 Å². The molecule has 27 heavy (non-hydrogen) atoms. The molecule has 0 unspecified atom stereocenters. The zero-order chi connectivity index (χ0) is 18.6. The fourth-order valence-electron chi connectivity index (χ4n) is 3.35. The number of thiophene rings is 1. The van der Waals surface area contributed by atoms with Crippen molar-refractivity contribution in [2.75, 3.05) is 23.0 Å². The number of amides is 1. The molecule has 0 saturated heterocycles. The first-order valence-corrected chi connectivity index (χ1v) is 11.3. The molecule has 0 saturated carbocycles. The number of fused-ring (bicyclic) bond motifs is 1. The Morgan fingerprint density at radius 1 is 1.11 bits per heavy atom. The van der Waals surface area contributed by atoms with Crippen molar-refractivity contribution in [2.24, 2.45) is 0 Å². The number of carbonyl (C=O) groups is 1. The van der Waals surface area contributed by atoms with Gasteiger partial charge in [-0.3, -0.25) is 4.79 Å². The van der Waals surface area contributed by atoms with E-state index in [4.69, 9.17) is 0 Å². The van der Waals surface area contributed by atoms with Gasteiger partial charge in [-0.05, 0) is 71.6 Å². The molecule has 1 aliphatic heterocycles. The van der Waals surface area contributed by atoms with Gasteiger partial charge in [0.05, 0.1) is 0 Å². The number of rotatable bonds is 5. The van der Waals surface area contributed by atoms with Crippen molar-refractivity contribution in [2.45, 2.75) is 18.7 Å². The van der Waals surface area contributed by atoms with E-state index in [2.05, 4.69) is 40.1 Å². The van der Waals surface area contributed by atoms with Crippen molar-refractivity contribution >= 4 is 40.4 Å². The molecule has 1 aromatic heterocycles. The summed E-state index contributed by atoms with van der Waals surface area (Å²) in [7, 11) is 0. The van der Waals surface area contributed by atoms with Crippen LogP contribution in [0.4, 0.5) is 11.4 Å². The third-order valence-corrected chi connectivity index (χ3v) is 6.47. The Morgan fingerprint density at radius 2 is 1.89 bits per heavy atom. The van der Waals surface area contributed by atoms with Crippen LogP contribution >= 0.6 is 23.1 Å². The number of nitrogens with zero attached hydrogens (tertiary/aromatic N) is 1. The number of hydrogen-bond acceptors (Lipinski definition) is 4. The van der Waals surface area contributed by atoms with Gasteiger partial charge < -0.3 is 10.2 Å². The van der Waals surface area contributed by atoms with Crippen LogP contribution in [-0.4, -0.2) is 18.7 Å². The molecule has 0 fully saturated rings. The highest BCUT2D eigenvalue weighted by Crippen LogP contribution is 2.28. The number of thioether (sulfide) groups is 1. The summed E-state index contributed by atoms with van der Waals surface area (Å²) in [5, 5.41) is 5.17. The Kier molecular flexibility index (Phi) is 5.50. The second kappa shape index (κ2) is 8.19. The number of carbonyl (C=O) groups excluding carboxylic acids is 1. The third kappa shape index (κ3) is 4.20. The molecule has 3 nitrogen and oxygen atoms in total. The van der Waals surface area contributed by atoms with Gasteiger partial charge in [0.15, 0.2) is 0 Å². The maximum atomic E-state index is 12.5. The largest absolute Gasteiger partial charge is 0.367 e. The first kappa shape index (κ1) is 18.1. The maximum Gasteiger partial charge on any atom is 0.255 e. The average Bonchev–Trinajstić information content (AvgIpc) is 3.17. The lowest BCUT2D eigenvalue weighted by Crippen LogP contribution is -2.29. The van der Waals surface area contributed by atoms with Crippen LogP contribution in [0.15, 0.2) is 60.0 Å². The monoisotopic (exact) mass is 394 g/mol. The Bertz CT molecular complexity index is 916. The number of nitrogens with one attached hydrogen (secondary N) is 1. The molecule has 0 bridgehead atoms. The van der Waals surface area contributed by atoms with E-state index in [1.54, 1.807) is 11.8 Å². The molecular weight excluding hydrogens is 372 g/mol.